The zero-order valence-electron chi connectivity index (χ0n) is 16.9. The number of hydrogen-bond donors (Lipinski definition) is 7. The highest BCUT2D eigenvalue weighted by Gasteiger charge is 2.50. The van der Waals surface area contributed by atoms with Gasteiger partial charge in [0.25, 0.3) is 0 Å². The van der Waals surface area contributed by atoms with Gasteiger partial charge in [0.2, 0.25) is 18.0 Å². The van der Waals surface area contributed by atoms with Gasteiger partial charge in [0.05, 0.1) is 6.61 Å². The molecule has 0 aliphatic carbocycles. The van der Waals surface area contributed by atoms with Crippen LogP contribution in [0.4, 0.5) is 0 Å². The Balaban J connectivity index is 2.41. The minimum absolute atomic E-state index is 0.509. The van der Waals surface area contributed by atoms with Crippen LogP contribution in [-0.2, 0) is 53.0 Å². The first-order chi connectivity index (χ1) is 15.5. The van der Waals surface area contributed by atoms with E-state index in [4.69, 9.17) is 28.4 Å². The molecule has 0 aromatic heterocycles. The first-order valence-corrected chi connectivity index (χ1v) is 11.7. The van der Waals surface area contributed by atoms with Crippen molar-refractivity contribution >= 4 is 32.7 Å². The Morgan fingerprint density at radius 3 is 2.21 bits per heavy atom. The number of amides is 1. The predicted octanol–water partition coefficient (Wildman–Crippen LogP) is -4.35. The van der Waals surface area contributed by atoms with Crippen molar-refractivity contribution in [2.75, 3.05) is 6.61 Å². The zero-order valence-corrected chi connectivity index (χ0v) is 18.5. The van der Waals surface area contributed by atoms with E-state index in [9.17, 15) is 41.7 Å². The molecule has 196 valence electrons. The average Bonchev–Trinajstić information content (AvgIpc) is 2.66. The number of aliphatic hydroxyl groups excluding tert-OH is 3. The topological polar surface area (TPSA) is 282 Å². The molecule has 1 fully saturated rings. The number of rotatable bonds is 9. The van der Waals surface area contributed by atoms with Gasteiger partial charge >= 0.3 is 26.8 Å². The average molecular weight is 539 g/mol. The number of ether oxygens (including phenoxy) is 3. The molecule has 18 nitrogen and oxygen atoms in total. The summed E-state index contributed by atoms with van der Waals surface area (Å²) in [6.07, 6.45) is -13.6. The van der Waals surface area contributed by atoms with E-state index in [2.05, 4.69) is 13.7 Å². The fourth-order valence-electron chi connectivity index (χ4n) is 3.05. The fourth-order valence-corrected chi connectivity index (χ4v) is 3.84. The van der Waals surface area contributed by atoms with Crippen LogP contribution in [0.25, 0.3) is 0 Å². The Bertz CT molecular complexity index is 1010. The molecule has 0 unspecified atom stereocenters. The largest absolute Gasteiger partial charge is 0.475 e. The van der Waals surface area contributed by atoms with Crippen molar-refractivity contribution in [3.05, 3.63) is 11.8 Å². The smallest absolute Gasteiger partial charge is 0.397 e. The van der Waals surface area contributed by atoms with Crippen molar-refractivity contribution in [1.82, 2.24) is 5.32 Å². The SMILES string of the molecule is CC(=O)N[C@@H]1[C@@H](O)[C@H](O[C@@H]2OC(C(=O)O)=C[C@H](O)[C@H]2OS(=O)(=O)O)[C@@H](COS(=O)(=O)O)O[C@H]1O. The van der Waals surface area contributed by atoms with Gasteiger partial charge in [0.1, 0.15) is 30.5 Å². The van der Waals surface area contributed by atoms with Gasteiger partial charge in [0.15, 0.2) is 12.4 Å². The molecular weight excluding hydrogens is 518 g/mol. The summed E-state index contributed by atoms with van der Waals surface area (Å²) in [6, 6.07) is -1.63. The number of carbonyl (C=O) groups is 2. The summed E-state index contributed by atoms with van der Waals surface area (Å²) in [5.41, 5.74) is 0. The lowest BCUT2D eigenvalue weighted by atomic mass is 9.96. The number of aliphatic hydroxyl groups is 3. The Morgan fingerprint density at radius 2 is 1.71 bits per heavy atom. The van der Waals surface area contributed by atoms with E-state index >= 15 is 0 Å². The molecule has 8 atom stereocenters. The van der Waals surface area contributed by atoms with Crippen LogP contribution in [0.2, 0.25) is 0 Å². The van der Waals surface area contributed by atoms with E-state index < -0.39 is 94.2 Å². The van der Waals surface area contributed by atoms with Crippen LogP contribution in [0.5, 0.6) is 0 Å². The van der Waals surface area contributed by atoms with Crippen LogP contribution < -0.4 is 5.32 Å². The lowest BCUT2D eigenvalue weighted by Crippen LogP contribution is -2.66. The maximum atomic E-state index is 11.4. The van der Waals surface area contributed by atoms with Crippen LogP contribution in [0.1, 0.15) is 6.92 Å². The molecule has 0 aromatic carbocycles. The zero-order chi connectivity index (χ0) is 26.0. The van der Waals surface area contributed by atoms with Crippen molar-refractivity contribution in [3.8, 4) is 0 Å². The molecule has 1 amide bonds. The highest BCUT2D eigenvalue weighted by Crippen LogP contribution is 2.30. The molecule has 2 aliphatic heterocycles. The van der Waals surface area contributed by atoms with Crippen LogP contribution in [0.3, 0.4) is 0 Å². The number of carboxylic acid groups (broad SMARTS) is 1. The minimum atomic E-state index is -5.28. The molecule has 34 heavy (non-hydrogen) atoms. The van der Waals surface area contributed by atoms with Gasteiger partial charge in [-0.3, -0.25) is 13.9 Å². The molecule has 0 radical (unpaired) electrons. The number of carboxylic acids is 1. The third-order valence-electron chi connectivity index (χ3n) is 4.35. The predicted molar refractivity (Wildman–Crippen MR) is 99.9 cm³/mol. The van der Waals surface area contributed by atoms with Crippen LogP contribution >= 0.6 is 0 Å². The maximum Gasteiger partial charge on any atom is 0.397 e. The minimum Gasteiger partial charge on any atom is -0.475 e. The summed E-state index contributed by atoms with van der Waals surface area (Å²) in [5, 5.41) is 42.0. The van der Waals surface area contributed by atoms with Gasteiger partial charge < -0.3 is 40.0 Å². The van der Waals surface area contributed by atoms with Gasteiger partial charge in [0, 0.05) is 6.92 Å². The van der Waals surface area contributed by atoms with Gasteiger partial charge in [-0.2, -0.15) is 16.8 Å². The molecule has 0 aromatic rings. The molecular formula is C14H21NO17S2. The lowest BCUT2D eigenvalue weighted by Gasteiger charge is -2.44. The molecule has 20 heteroatoms. The highest BCUT2D eigenvalue weighted by molar-refractivity contribution is 7.81. The first-order valence-electron chi connectivity index (χ1n) is 9.00. The monoisotopic (exact) mass is 539 g/mol. The third kappa shape index (κ3) is 7.78. The second kappa shape index (κ2) is 10.7. The fraction of sp³-hybridized carbons (Fsp3) is 0.714. The van der Waals surface area contributed by atoms with Crippen molar-refractivity contribution < 1.29 is 78.5 Å². The molecule has 2 aliphatic rings. The van der Waals surface area contributed by atoms with E-state index in [1.54, 1.807) is 0 Å². The van der Waals surface area contributed by atoms with Crippen molar-refractivity contribution in [2.45, 2.75) is 56.1 Å². The molecule has 0 bridgehead atoms. The maximum absolute atomic E-state index is 11.4. The number of hydrogen-bond acceptors (Lipinski definition) is 14. The van der Waals surface area contributed by atoms with Crippen molar-refractivity contribution in [3.63, 3.8) is 0 Å². The summed E-state index contributed by atoms with van der Waals surface area (Å²) < 4.78 is 85.6. The van der Waals surface area contributed by atoms with Gasteiger partial charge in [-0.25, -0.2) is 13.2 Å². The van der Waals surface area contributed by atoms with Gasteiger partial charge in [-0.15, -0.1) is 0 Å². The van der Waals surface area contributed by atoms with E-state index in [0.29, 0.717) is 6.08 Å². The Morgan fingerprint density at radius 1 is 1.09 bits per heavy atom. The lowest BCUT2D eigenvalue weighted by molar-refractivity contribution is -0.303. The summed E-state index contributed by atoms with van der Waals surface area (Å²) in [7, 11) is -10.4. The summed E-state index contributed by atoms with van der Waals surface area (Å²) in [4.78, 5) is 22.6. The summed E-state index contributed by atoms with van der Waals surface area (Å²) >= 11 is 0. The molecule has 1 saturated heterocycles. The number of aliphatic carboxylic acids is 1. The van der Waals surface area contributed by atoms with Crippen molar-refractivity contribution in [2.24, 2.45) is 0 Å². The Labute approximate surface area is 191 Å². The Kier molecular flexibility index (Phi) is 8.93. The summed E-state index contributed by atoms with van der Waals surface area (Å²) in [6.45, 7) is -0.117. The molecule has 0 spiro atoms. The number of carbonyl (C=O) groups excluding carboxylic acids is 1. The molecule has 7 N–H and O–H groups in total. The van der Waals surface area contributed by atoms with Gasteiger partial charge in [-0.1, -0.05) is 0 Å². The van der Waals surface area contributed by atoms with Crippen LogP contribution in [0, 0.1) is 0 Å². The normalized spacial score (nSPS) is 34.6. The Hall–Kier alpha value is -1.98. The van der Waals surface area contributed by atoms with Gasteiger partial charge in [-0.05, 0) is 6.08 Å². The molecule has 0 saturated carbocycles. The quantitative estimate of drug-likeness (QED) is 0.136. The second-order valence-corrected chi connectivity index (χ2v) is 9.04. The van der Waals surface area contributed by atoms with E-state index in [-0.39, 0.29) is 0 Å². The van der Waals surface area contributed by atoms with Crippen LogP contribution in [0.15, 0.2) is 11.8 Å². The second-order valence-electron chi connectivity index (χ2n) is 6.90. The van der Waals surface area contributed by atoms with E-state index in [1.807, 2.05) is 0 Å². The number of nitrogens with one attached hydrogen (secondary N) is 1. The van der Waals surface area contributed by atoms with Crippen LogP contribution in [-0.4, -0.2) is 114 Å². The van der Waals surface area contributed by atoms with E-state index in [1.165, 1.54) is 0 Å². The molecule has 2 heterocycles. The standard InChI is InChI=1S/C14H21NO17S2/c1-4(16)15-8-9(18)11(7(29-13(8)21)3-28-33(22,23)24)31-14-10(32-34(25,26)27)5(17)2-6(30-14)12(19)20/h2,5,7-11,13-14,17-18,21H,3H2,1H3,(H,15,16)(H,19,20)(H,22,23,24)(H,25,26,27)/t5-,7+,8+,9+,10+,11+,13+,14-/m0/s1. The summed E-state index contributed by atoms with van der Waals surface area (Å²) in [5.74, 6) is -3.50. The first kappa shape index (κ1) is 28.3. The van der Waals surface area contributed by atoms with E-state index in [0.717, 1.165) is 6.92 Å². The highest BCUT2D eigenvalue weighted by atomic mass is 32.3. The van der Waals surface area contributed by atoms with Crippen molar-refractivity contribution in [1.29, 1.82) is 0 Å². The third-order valence-corrected chi connectivity index (χ3v) is 5.25. The molecule has 2 rings (SSSR count).